The second kappa shape index (κ2) is 10.9. The van der Waals surface area contributed by atoms with Crippen molar-refractivity contribution in [3.8, 4) is 11.3 Å². The van der Waals surface area contributed by atoms with E-state index in [1.807, 2.05) is 62.1 Å². The zero-order valence-corrected chi connectivity index (χ0v) is 22.4. The third kappa shape index (κ3) is 5.51. The lowest BCUT2D eigenvalue weighted by atomic mass is 10.1. The van der Waals surface area contributed by atoms with Crippen molar-refractivity contribution in [2.45, 2.75) is 13.8 Å². The molecular formula is C28H35N7O2. The van der Waals surface area contributed by atoms with Gasteiger partial charge in [0.25, 0.3) is 0 Å². The Balaban J connectivity index is 1.72. The van der Waals surface area contributed by atoms with Gasteiger partial charge in [-0.2, -0.15) is 0 Å². The molecule has 2 aromatic heterocycles. The van der Waals surface area contributed by atoms with Crippen LogP contribution in [0, 0.1) is 6.92 Å². The number of ether oxygens (including phenoxy) is 1. The summed E-state index contributed by atoms with van der Waals surface area (Å²) >= 11 is 0. The van der Waals surface area contributed by atoms with Gasteiger partial charge in [-0.15, -0.1) is 0 Å². The fourth-order valence-corrected chi connectivity index (χ4v) is 4.30. The van der Waals surface area contributed by atoms with Crippen LogP contribution in [0.15, 0.2) is 48.8 Å². The molecule has 0 saturated heterocycles. The van der Waals surface area contributed by atoms with E-state index in [2.05, 4.69) is 40.3 Å². The first-order valence-electron chi connectivity index (χ1n) is 12.3. The quantitative estimate of drug-likeness (QED) is 0.256. The number of para-hydroxylation sites is 1. The van der Waals surface area contributed by atoms with Crippen LogP contribution in [-0.4, -0.2) is 66.2 Å². The SMILES string of the molecule is CCOC(=O)c1cnc(Nc2cc(N)c(N(C)CCN(C)C)cc2C)nc1-c1cn(C)c2ccccc12. The van der Waals surface area contributed by atoms with Gasteiger partial charge in [0.05, 0.1) is 23.7 Å². The third-order valence-corrected chi connectivity index (χ3v) is 6.35. The number of aryl methyl sites for hydroxylation is 2. The van der Waals surface area contributed by atoms with Crippen molar-refractivity contribution in [2.24, 2.45) is 7.05 Å². The topological polar surface area (TPSA) is 102 Å². The summed E-state index contributed by atoms with van der Waals surface area (Å²) < 4.78 is 7.32. The largest absolute Gasteiger partial charge is 0.462 e. The number of nitrogens with zero attached hydrogens (tertiary/aromatic N) is 5. The molecule has 0 bridgehead atoms. The highest BCUT2D eigenvalue weighted by molar-refractivity contribution is 6.03. The summed E-state index contributed by atoms with van der Waals surface area (Å²) in [7, 11) is 8.11. The molecule has 2 aromatic carbocycles. The van der Waals surface area contributed by atoms with Gasteiger partial charge < -0.3 is 30.2 Å². The number of hydrogen-bond donors (Lipinski definition) is 2. The molecule has 0 atom stereocenters. The molecule has 0 saturated carbocycles. The van der Waals surface area contributed by atoms with Gasteiger partial charge in [0.1, 0.15) is 5.56 Å². The number of hydrogen-bond acceptors (Lipinski definition) is 8. The number of carbonyl (C=O) groups is 1. The maximum Gasteiger partial charge on any atom is 0.341 e. The Bertz CT molecular complexity index is 1430. The maximum absolute atomic E-state index is 12.8. The molecule has 4 aromatic rings. The van der Waals surface area contributed by atoms with Crippen molar-refractivity contribution < 1.29 is 9.53 Å². The van der Waals surface area contributed by atoms with E-state index in [4.69, 9.17) is 15.5 Å². The Morgan fingerprint density at radius 1 is 1.16 bits per heavy atom. The number of anilines is 4. The molecule has 0 aliphatic heterocycles. The predicted molar refractivity (Wildman–Crippen MR) is 151 cm³/mol. The van der Waals surface area contributed by atoms with Crippen LogP contribution in [0.2, 0.25) is 0 Å². The number of aromatic nitrogens is 3. The van der Waals surface area contributed by atoms with Crippen LogP contribution < -0.4 is 16.0 Å². The molecule has 37 heavy (non-hydrogen) atoms. The van der Waals surface area contributed by atoms with E-state index in [-0.39, 0.29) is 6.61 Å². The molecule has 0 amide bonds. The van der Waals surface area contributed by atoms with Gasteiger partial charge in [0.2, 0.25) is 5.95 Å². The molecule has 0 fully saturated rings. The first-order chi connectivity index (χ1) is 17.7. The van der Waals surface area contributed by atoms with Crippen LogP contribution in [0.4, 0.5) is 23.0 Å². The highest BCUT2D eigenvalue weighted by atomic mass is 16.5. The van der Waals surface area contributed by atoms with Crippen LogP contribution in [0.5, 0.6) is 0 Å². The summed E-state index contributed by atoms with van der Waals surface area (Å²) in [6.07, 6.45) is 3.49. The standard InChI is InChI=1S/C28H35N7O2/c1-7-37-27(36)20-16-30-28(32-26(20)21-17-35(6)24-11-9-8-10-19(21)24)31-23-15-22(29)25(14-18(23)2)34(5)13-12-33(3)4/h8-11,14-17H,7,12-13,29H2,1-6H3,(H,30,31,32). The normalized spacial score (nSPS) is 11.2. The lowest BCUT2D eigenvalue weighted by Crippen LogP contribution is -2.29. The van der Waals surface area contributed by atoms with Crippen LogP contribution >= 0.6 is 0 Å². The number of esters is 1. The van der Waals surface area contributed by atoms with Crippen molar-refractivity contribution in [1.82, 2.24) is 19.4 Å². The number of likely N-dealkylation sites (N-methyl/N-ethyl adjacent to an activating group) is 2. The van der Waals surface area contributed by atoms with Crippen LogP contribution in [0.1, 0.15) is 22.8 Å². The van der Waals surface area contributed by atoms with Crippen LogP contribution in [0.3, 0.4) is 0 Å². The summed E-state index contributed by atoms with van der Waals surface area (Å²) in [5.74, 6) is -0.0882. The van der Waals surface area contributed by atoms with Crippen molar-refractivity contribution in [3.63, 3.8) is 0 Å². The molecule has 194 valence electrons. The fourth-order valence-electron chi connectivity index (χ4n) is 4.30. The number of carbonyl (C=O) groups excluding carboxylic acids is 1. The van der Waals surface area contributed by atoms with Gasteiger partial charge >= 0.3 is 5.97 Å². The molecule has 0 spiro atoms. The van der Waals surface area contributed by atoms with Crippen LogP contribution in [-0.2, 0) is 11.8 Å². The first kappa shape index (κ1) is 26.0. The number of rotatable bonds is 9. The highest BCUT2D eigenvalue weighted by Crippen LogP contribution is 2.34. The summed E-state index contributed by atoms with van der Waals surface area (Å²) in [4.78, 5) is 26.3. The Hall–Kier alpha value is -4.11. The predicted octanol–water partition coefficient (Wildman–Crippen LogP) is 4.44. The lowest BCUT2D eigenvalue weighted by molar-refractivity contribution is 0.0526. The summed E-state index contributed by atoms with van der Waals surface area (Å²) in [6, 6.07) is 12.0. The number of benzene rings is 2. The smallest absolute Gasteiger partial charge is 0.341 e. The molecule has 0 aliphatic carbocycles. The van der Waals surface area contributed by atoms with E-state index < -0.39 is 5.97 Å². The average molecular weight is 502 g/mol. The minimum atomic E-state index is -0.456. The first-order valence-corrected chi connectivity index (χ1v) is 12.3. The summed E-state index contributed by atoms with van der Waals surface area (Å²) in [5.41, 5.74) is 12.6. The number of nitrogen functional groups attached to an aromatic ring is 1. The number of nitrogens with two attached hydrogens (primary N) is 1. The highest BCUT2D eigenvalue weighted by Gasteiger charge is 2.21. The zero-order valence-electron chi connectivity index (χ0n) is 22.4. The van der Waals surface area contributed by atoms with E-state index in [0.29, 0.717) is 22.9 Å². The van der Waals surface area contributed by atoms with E-state index in [0.717, 1.165) is 46.5 Å². The molecule has 0 aliphatic rings. The van der Waals surface area contributed by atoms with Crippen molar-refractivity contribution >= 4 is 39.9 Å². The molecule has 4 rings (SSSR count). The minimum Gasteiger partial charge on any atom is -0.462 e. The van der Waals surface area contributed by atoms with E-state index in [1.165, 1.54) is 6.20 Å². The second-order valence-corrected chi connectivity index (χ2v) is 9.42. The van der Waals surface area contributed by atoms with Gasteiger partial charge in [-0.3, -0.25) is 0 Å². The molecule has 2 heterocycles. The average Bonchev–Trinajstić information content (AvgIpc) is 3.21. The fraction of sp³-hybridized carbons (Fsp3) is 0.321. The Morgan fingerprint density at radius 2 is 1.92 bits per heavy atom. The van der Waals surface area contributed by atoms with Gasteiger partial charge in [-0.05, 0) is 51.7 Å². The summed E-state index contributed by atoms with van der Waals surface area (Å²) in [5, 5.41) is 4.30. The Morgan fingerprint density at radius 3 is 2.65 bits per heavy atom. The summed E-state index contributed by atoms with van der Waals surface area (Å²) in [6.45, 7) is 5.84. The second-order valence-electron chi connectivity index (χ2n) is 9.42. The van der Waals surface area contributed by atoms with Crippen molar-refractivity contribution in [1.29, 1.82) is 0 Å². The lowest BCUT2D eigenvalue weighted by Gasteiger charge is -2.24. The van der Waals surface area contributed by atoms with E-state index >= 15 is 0 Å². The molecule has 3 N–H and O–H groups in total. The third-order valence-electron chi connectivity index (χ3n) is 6.35. The zero-order chi connectivity index (χ0) is 26.7. The minimum absolute atomic E-state index is 0.265. The Labute approximate surface area is 217 Å². The Kier molecular flexibility index (Phi) is 7.63. The monoisotopic (exact) mass is 501 g/mol. The van der Waals surface area contributed by atoms with Gasteiger partial charge in [-0.1, -0.05) is 18.2 Å². The van der Waals surface area contributed by atoms with Crippen molar-refractivity contribution in [2.75, 3.05) is 56.8 Å². The number of nitrogens with one attached hydrogen (secondary N) is 1. The number of fused-ring (bicyclic) bond motifs is 1. The maximum atomic E-state index is 12.8. The molecule has 9 nitrogen and oxygen atoms in total. The van der Waals surface area contributed by atoms with Gasteiger partial charge in [0.15, 0.2) is 0 Å². The van der Waals surface area contributed by atoms with Crippen LogP contribution in [0.25, 0.3) is 22.2 Å². The molecular weight excluding hydrogens is 466 g/mol. The van der Waals surface area contributed by atoms with Gasteiger partial charge in [-0.25, -0.2) is 14.8 Å². The van der Waals surface area contributed by atoms with E-state index in [1.54, 1.807) is 6.92 Å². The molecule has 0 radical (unpaired) electrons. The molecule has 9 heteroatoms. The van der Waals surface area contributed by atoms with Crippen molar-refractivity contribution in [3.05, 3.63) is 59.9 Å². The molecule has 0 unspecified atom stereocenters. The van der Waals surface area contributed by atoms with Gasteiger partial charge in [0, 0.05) is 61.7 Å². The van der Waals surface area contributed by atoms with E-state index in [9.17, 15) is 4.79 Å².